The minimum atomic E-state index is -3.06. The average Bonchev–Trinajstić information content (AvgIpc) is 3.08. The van der Waals surface area contributed by atoms with E-state index in [0.29, 0.717) is 5.56 Å². The van der Waals surface area contributed by atoms with E-state index >= 15 is 0 Å². The molecule has 0 saturated heterocycles. The number of carbonyl (C=O) groups is 4. The zero-order valence-corrected chi connectivity index (χ0v) is 29.7. The highest BCUT2D eigenvalue weighted by Crippen LogP contribution is 2.23. The monoisotopic (exact) mass is 710 g/mol. The van der Waals surface area contributed by atoms with Crippen LogP contribution in [0.4, 0.5) is 9.59 Å². The van der Waals surface area contributed by atoms with Gasteiger partial charge in [-0.1, -0.05) is 102 Å². The Morgan fingerprint density at radius 1 is 0.765 bits per heavy atom. The Hall–Kier alpha value is -5.01. The SMILES string of the molecule is [2H]C([2H])([2H])OC(=O)N[C@H](C(=O)N[C@@H](Cc1ccccc1)[C@@H](O)CN(Cc1ccc(-c2ccccn2)cc1)NC(=O)[C@@H](NC(=O)OC([2H])([2H])[2H])C(C)(C)C)C(C)(C)C. The van der Waals surface area contributed by atoms with Crippen LogP contribution in [0, 0.1) is 10.8 Å². The van der Waals surface area contributed by atoms with Crippen molar-refractivity contribution in [2.75, 3.05) is 20.6 Å². The maximum Gasteiger partial charge on any atom is 0.407 e. The van der Waals surface area contributed by atoms with Crippen LogP contribution in [0.5, 0.6) is 0 Å². The van der Waals surface area contributed by atoms with Gasteiger partial charge in [0.05, 0.1) is 40.1 Å². The van der Waals surface area contributed by atoms with Gasteiger partial charge in [-0.05, 0) is 40.5 Å². The van der Waals surface area contributed by atoms with Gasteiger partial charge in [0.2, 0.25) is 5.91 Å². The van der Waals surface area contributed by atoms with Gasteiger partial charge in [-0.2, -0.15) is 0 Å². The van der Waals surface area contributed by atoms with Gasteiger partial charge in [0.25, 0.3) is 5.91 Å². The normalized spacial score (nSPS) is 16.2. The van der Waals surface area contributed by atoms with Crippen molar-refractivity contribution < 1.29 is 42.0 Å². The molecule has 0 aliphatic rings. The van der Waals surface area contributed by atoms with E-state index in [0.717, 1.165) is 16.8 Å². The molecule has 4 amide bonds. The highest BCUT2D eigenvalue weighted by Gasteiger charge is 2.37. The van der Waals surface area contributed by atoms with Crippen molar-refractivity contribution in [1.29, 1.82) is 0 Å². The minimum absolute atomic E-state index is 0.0149. The summed E-state index contributed by atoms with van der Waals surface area (Å²) in [4.78, 5) is 57.2. The number of rotatable bonds is 14. The zero-order valence-electron chi connectivity index (χ0n) is 35.7. The number of benzene rings is 2. The third kappa shape index (κ3) is 12.7. The molecule has 276 valence electrons. The first-order valence-corrected chi connectivity index (χ1v) is 16.4. The van der Waals surface area contributed by atoms with Gasteiger partial charge in [0.1, 0.15) is 12.1 Å². The number of hydrazine groups is 1. The fourth-order valence-corrected chi connectivity index (χ4v) is 5.32. The Labute approximate surface area is 308 Å². The summed E-state index contributed by atoms with van der Waals surface area (Å²) < 4.78 is 52.5. The summed E-state index contributed by atoms with van der Waals surface area (Å²) in [6.45, 7) is 9.64. The quantitative estimate of drug-likeness (QED) is 0.154. The Morgan fingerprint density at radius 3 is 1.86 bits per heavy atom. The number of hydrogen-bond acceptors (Lipinski definition) is 9. The molecule has 4 atom stereocenters. The van der Waals surface area contributed by atoms with Crippen molar-refractivity contribution in [2.24, 2.45) is 10.8 Å². The van der Waals surface area contributed by atoms with Crippen LogP contribution in [0.2, 0.25) is 0 Å². The molecule has 0 fully saturated rings. The van der Waals surface area contributed by atoms with Crippen molar-refractivity contribution in [3.05, 3.63) is 90.1 Å². The van der Waals surface area contributed by atoms with Gasteiger partial charge in [-0.3, -0.25) is 20.0 Å². The number of alkyl carbamates (subject to hydrolysis) is 2. The number of nitrogens with one attached hydrogen (secondary N) is 4. The third-order valence-electron chi connectivity index (χ3n) is 8.02. The molecule has 5 N–H and O–H groups in total. The molecule has 13 heteroatoms. The second-order valence-corrected chi connectivity index (χ2v) is 14.3. The number of methoxy groups -OCH3 is 2. The Kier molecular flexibility index (Phi) is 11.5. The van der Waals surface area contributed by atoms with Crippen LogP contribution in [0.15, 0.2) is 79.0 Å². The first kappa shape index (κ1) is 31.9. The maximum absolute atomic E-state index is 13.9. The standard InChI is InChI=1S/C38H52N6O7/c1-37(2,3)31(41-35(48)50-7)33(46)40-29(22-25-14-10-9-11-15-25)30(45)24-44(43-34(47)32(38(4,5)6)42-36(49)51-8)23-26-17-19-27(20-18-26)28-16-12-13-21-39-28/h9-21,29-32,45H,22-24H2,1-8H3,(H,40,46)(H,41,48)(H,42,49)(H,43,47)/t29-,30-,31+,32+/m0/s1/i7D3,8D3. The summed E-state index contributed by atoms with van der Waals surface area (Å²) in [5.74, 6) is -1.49. The second-order valence-electron chi connectivity index (χ2n) is 14.3. The molecule has 0 unspecified atom stereocenters. The topological polar surface area (TPSA) is 171 Å². The van der Waals surface area contributed by atoms with Gasteiger partial charge < -0.3 is 30.5 Å². The highest BCUT2D eigenvalue weighted by atomic mass is 16.5. The summed E-state index contributed by atoms with van der Waals surface area (Å²) in [5, 5.41) is 20.8. The van der Waals surface area contributed by atoms with E-state index in [9.17, 15) is 24.3 Å². The Morgan fingerprint density at radius 2 is 1.33 bits per heavy atom. The molecule has 1 heterocycles. The predicted molar refractivity (Wildman–Crippen MR) is 194 cm³/mol. The molecule has 0 saturated carbocycles. The number of nitrogens with zero attached hydrogens (tertiary/aromatic N) is 2. The van der Waals surface area contributed by atoms with Gasteiger partial charge in [-0.15, -0.1) is 0 Å². The summed E-state index contributed by atoms with van der Waals surface area (Å²) in [7, 11) is -6.12. The molecule has 0 radical (unpaired) electrons. The summed E-state index contributed by atoms with van der Waals surface area (Å²) in [5.41, 5.74) is 3.85. The van der Waals surface area contributed by atoms with Gasteiger partial charge >= 0.3 is 12.2 Å². The number of amides is 4. The summed E-state index contributed by atoms with van der Waals surface area (Å²) >= 11 is 0. The van der Waals surface area contributed by atoms with Crippen molar-refractivity contribution in [2.45, 2.75) is 78.7 Å². The van der Waals surface area contributed by atoms with Gasteiger partial charge in [0, 0.05) is 24.8 Å². The predicted octanol–water partition coefficient (Wildman–Crippen LogP) is 4.21. The Bertz CT molecular complexity index is 1780. The van der Waals surface area contributed by atoms with Crippen LogP contribution < -0.4 is 21.4 Å². The lowest BCUT2D eigenvalue weighted by Gasteiger charge is -2.35. The molecule has 1 aromatic heterocycles. The van der Waals surface area contributed by atoms with Crippen molar-refractivity contribution in [3.8, 4) is 11.3 Å². The number of pyridine rings is 1. The van der Waals surface area contributed by atoms with E-state index in [4.69, 9.17) is 8.22 Å². The third-order valence-corrected chi connectivity index (χ3v) is 8.02. The van der Waals surface area contributed by atoms with Crippen molar-refractivity contribution in [3.63, 3.8) is 0 Å². The van der Waals surface area contributed by atoms with Crippen LogP contribution in [0.3, 0.4) is 0 Å². The number of carbonyl (C=O) groups excluding carboxylic acids is 4. The molecule has 51 heavy (non-hydrogen) atoms. The lowest BCUT2D eigenvalue weighted by atomic mass is 9.85. The molecular formula is C38H52N6O7. The first-order chi connectivity index (χ1) is 26.3. The second kappa shape index (κ2) is 18.3. The fourth-order valence-electron chi connectivity index (χ4n) is 5.32. The molecule has 13 nitrogen and oxygen atoms in total. The smallest absolute Gasteiger partial charge is 0.407 e. The van der Waals surface area contributed by atoms with Crippen molar-refractivity contribution >= 4 is 24.0 Å². The molecule has 2 aromatic carbocycles. The largest absolute Gasteiger partial charge is 0.453 e. The number of aliphatic hydroxyl groups is 1. The highest BCUT2D eigenvalue weighted by molar-refractivity contribution is 5.87. The van der Waals surface area contributed by atoms with E-state index in [1.165, 1.54) is 5.01 Å². The summed E-state index contributed by atoms with van der Waals surface area (Å²) in [6, 6.07) is 18.1. The van der Waals surface area contributed by atoms with E-state index in [2.05, 4.69) is 35.8 Å². The number of aromatic nitrogens is 1. The average molecular weight is 711 g/mol. The summed E-state index contributed by atoms with van der Waals surface area (Å²) in [6.07, 6.45) is -2.31. The molecule has 0 aliphatic carbocycles. The van der Waals surface area contributed by atoms with E-state index in [1.54, 1.807) is 84.1 Å². The van der Waals surface area contributed by atoms with Crippen molar-refractivity contribution in [1.82, 2.24) is 31.4 Å². The molecule has 3 rings (SSSR count). The van der Waals surface area contributed by atoms with E-state index < -0.39 is 73.1 Å². The molecule has 0 bridgehead atoms. The number of hydrogen-bond donors (Lipinski definition) is 5. The van der Waals surface area contributed by atoms with Crippen LogP contribution in [-0.4, -0.2) is 84.0 Å². The molecule has 3 aromatic rings. The van der Waals surface area contributed by atoms with Gasteiger partial charge in [-0.25, -0.2) is 14.6 Å². The fraction of sp³-hybridized carbons (Fsp3) is 0.447. The van der Waals surface area contributed by atoms with Crippen LogP contribution >= 0.6 is 0 Å². The van der Waals surface area contributed by atoms with E-state index in [-0.39, 0.29) is 19.5 Å². The first-order valence-electron chi connectivity index (χ1n) is 19.4. The number of ether oxygens (including phenoxy) is 2. The molecular weight excluding hydrogens is 652 g/mol. The van der Waals surface area contributed by atoms with E-state index in [1.807, 2.05) is 36.4 Å². The maximum atomic E-state index is 13.9. The van der Waals surface area contributed by atoms with Crippen LogP contribution in [0.25, 0.3) is 11.3 Å². The lowest BCUT2D eigenvalue weighted by molar-refractivity contribution is -0.132. The van der Waals surface area contributed by atoms with Gasteiger partial charge in [0.15, 0.2) is 0 Å². The zero-order chi connectivity index (χ0) is 42.8. The minimum Gasteiger partial charge on any atom is -0.453 e. The molecule has 0 spiro atoms. The molecule has 0 aliphatic heterocycles. The van der Waals surface area contributed by atoms with Crippen LogP contribution in [0.1, 0.15) is 60.9 Å². The Balaban J connectivity index is 1.98. The van der Waals surface area contributed by atoms with Crippen LogP contribution in [-0.2, 0) is 32.0 Å². The lowest BCUT2D eigenvalue weighted by Crippen LogP contribution is -2.60. The number of aliphatic hydroxyl groups excluding tert-OH is 1.